The molecule has 1 unspecified atom stereocenters. The van der Waals surface area contributed by atoms with Crippen molar-refractivity contribution in [2.75, 3.05) is 26.4 Å². The summed E-state index contributed by atoms with van der Waals surface area (Å²) in [7, 11) is -9.72. The lowest BCUT2D eigenvalue weighted by Gasteiger charge is -2.20. The minimum Gasteiger partial charge on any atom is -0.462 e. The number of unbranched alkanes of at least 4 members (excludes halogenated alkanes) is 17. The number of aliphatic hydroxyl groups excluding tert-OH is 1. The maximum Gasteiger partial charge on any atom is 0.472 e. The Morgan fingerprint density at radius 1 is 0.556 bits per heavy atom. The molecule has 0 aromatic heterocycles. The van der Waals surface area contributed by atoms with Gasteiger partial charge in [-0.25, -0.2) is 9.13 Å². The van der Waals surface area contributed by atoms with E-state index >= 15 is 0 Å². The first kappa shape index (κ1) is 60.8. The second-order valence-electron chi connectivity index (χ2n) is 16.5. The molecule has 366 valence electrons. The van der Waals surface area contributed by atoms with Gasteiger partial charge in [0.25, 0.3) is 0 Å². The van der Waals surface area contributed by atoms with E-state index in [1.165, 1.54) is 77.0 Å². The molecule has 0 amide bonds. The average molecular weight is 935 g/mol. The summed E-state index contributed by atoms with van der Waals surface area (Å²) in [5.74, 6) is -0.172. The van der Waals surface area contributed by atoms with Crippen LogP contribution in [-0.4, -0.2) is 76.1 Å². The predicted molar refractivity (Wildman–Crippen MR) is 249 cm³/mol. The van der Waals surface area contributed by atoms with Crippen LogP contribution in [0.15, 0.2) is 48.6 Å². The molecule has 0 aromatic rings. The maximum absolute atomic E-state index is 12.7. The first-order chi connectivity index (χ1) is 30.1. The molecule has 63 heavy (non-hydrogen) atoms. The lowest BCUT2D eigenvalue weighted by Crippen LogP contribution is -2.29. The van der Waals surface area contributed by atoms with Crippen LogP contribution in [0, 0.1) is 5.92 Å². The number of hydrogen-bond acceptors (Lipinski definition) is 11. The minimum absolute atomic E-state index is 0.0296. The highest BCUT2D eigenvalue weighted by Gasteiger charge is 2.28. The number of rotatable bonds is 44. The van der Waals surface area contributed by atoms with Crippen LogP contribution < -0.4 is 0 Å². The number of carbonyl (C=O) groups excluding carboxylic acids is 3. The Morgan fingerprint density at radius 2 is 1.06 bits per heavy atom. The number of phosphoric ester groups is 2. The van der Waals surface area contributed by atoms with Crippen molar-refractivity contribution in [1.82, 2.24) is 0 Å². The van der Waals surface area contributed by atoms with Gasteiger partial charge in [0.1, 0.15) is 12.7 Å². The molecule has 0 spiro atoms. The van der Waals surface area contributed by atoms with Crippen molar-refractivity contribution in [3.63, 3.8) is 0 Å². The van der Waals surface area contributed by atoms with E-state index in [1.54, 1.807) is 12.2 Å². The van der Waals surface area contributed by atoms with Crippen LogP contribution >= 0.6 is 15.6 Å². The van der Waals surface area contributed by atoms with Gasteiger partial charge in [0.05, 0.1) is 19.8 Å². The molecule has 3 atom stereocenters. The molecule has 0 fully saturated rings. The third-order valence-electron chi connectivity index (χ3n) is 9.86. The van der Waals surface area contributed by atoms with Crippen LogP contribution in [0.3, 0.4) is 0 Å². The number of ether oxygens (including phenoxy) is 2. The summed E-state index contributed by atoms with van der Waals surface area (Å²) in [5.41, 5.74) is 0. The van der Waals surface area contributed by atoms with Crippen LogP contribution in [-0.2, 0) is 46.6 Å². The molecule has 14 nitrogen and oxygen atoms in total. The lowest BCUT2D eigenvalue weighted by atomic mass is 10.0. The standard InChI is InChI=1S/C47H84O14P2/c1-4-5-28-34-43(48)35-30-25-21-17-13-11-15-19-23-27-32-37-47(51)61-45(41-60-63(55,56)59-39-44(49)38-58-62(52,53)54)40-57-46(50)36-31-26-22-18-14-10-8-6-7-9-12-16-20-24-29-33-42(2)3/h11,13,19,21,23,25,30,35,42,44-45,49H,4-10,12,14-18,20,22,24,26-29,31-34,36-41H2,1-3H3,(H,55,56)(H2,52,53,54)/b13-11-,23-19-,25-21-,35-30+/t44-,45+/m0/s1. The molecule has 0 aliphatic heterocycles. The fourth-order valence-corrected chi connectivity index (χ4v) is 7.40. The second kappa shape index (κ2) is 41.2. The van der Waals surface area contributed by atoms with Crippen molar-refractivity contribution in [2.24, 2.45) is 5.92 Å². The van der Waals surface area contributed by atoms with Gasteiger partial charge in [0, 0.05) is 19.3 Å². The molecule has 0 bridgehead atoms. The van der Waals surface area contributed by atoms with Gasteiger partial charge < -0.3 is 29.3 Å². The summed E-state index contributed by atoms with van der Waals surface area (Å²) in [4.78, 5) is 64.5. The Balaban J connectivity index is 4.58. The predicted octanol–water partition coefficient (Wildman–Crippen LogP) is 11.7. The summed E-state index contributed by atoms with van der Waals surface area (Å²) in [6, 6.07) is 0. The number of esters is 2. The molecule has 0 rings (SSSR count). The van der Waals surface area contributed by atoms with Gasteiger partial charge in [-0.3, -0.25) is 28.0 Å². The average Bonchev–Trinajstić information content (AvgIpc) is 3.22. The van der Waals surface area contributed by atoms with E-state index in [4.69, 9.17) is 23.8 Å². The van der Waals surface area contributed by atoms with E-state index in [2.05, 4.69) is 29.8 Å². The lowest BCUT2D eigenvalue weighted by molar-refractivity contribution is -0.161. The fraction of sp³-hybridized carbons (Fsp3) is 0.766. The van der Waals surface area contributed by atoms with Crippen molar-refractivity contribution in [1.29, 1.82) is 0 Å². The summed E-state index contributed by atoms with van der Waals surface area (Å²) in [5, 5.41) is 9.76. The van der Waals surface area contributed by atoms with Gasteiger partial charge in [-0.2, -0.15) is 0 Å². The zero-order valence-electron chi connectivity index (χ0n) is 38.8. The molecule has 0 aromatic carbocycles. The van der Waals surface area contributed by atoms with E-state index in [1.807, 2.05) is 36.5 Å². The minimum atomic E-state index is -4.88. The summed E-state index contributed by atoms with van der Waals surface area (Å²) >= 11 is 0. The Morgan fingerprint density at radius 3 is 1.65 bits per heavy atom. The summed E-state index contributed by atoms with van der Waals surface area (Å²) in [6.45, 7) is 3.87. The highest BCUT2D eigenvalue weighted by atomic mass is 31.2. The van der Waals surface area contributed by atoms with Crippen molar-refractivity contribution < 1.29 is 66.3 Å². The van der Waals surface area contributed by atoms with E-state index in [0.717, 1.165) is 50.9 Å². The van der Waals surface area contributed by atoms with Gasteiger partial charge in [-0.15, -0.1) is 0 Å². The number of allylic oxidation sites excluding steroid dienone is 8. The highest BCUT2D eigenvalue weighted by Crippen LogP contribution is 2.43. The van der Waals surface area contributed by atoms with Crippen LogP contribution in [0.5, 0.6) is 0 Å². The van der Waals surface area contributed by atoms with Crippen molar-refractivity contribution in [3.05, 3.63) is 48.6 Å². The Kier molecular flexibility index (Phi) is 39.7. The van der Waals surface area contributed by atoms with Gasteiger partial charge >= 0.3 is 27.6 Å². The van der Waals surface area contributed by atoms with Crippen molar-refractivity contribution >= 4 is 33.4 Å². The van der Waals surface area contributed by atoms with E-state index in [-0.39, 0.29) is 18.6 Å². The first-order valence-corrected chi connectivity index (χ1v) is 26.7. The molecule has 0 aliphatic carbocycles. The molecule has 0 radical (unpaired) electrons. The molecule has 0 saturated heterocycles. The first-order valence-electron chi connectivity index (χ1n) is 23.6. The maximum atomic E-state index is 12.7. The largest absolute Gasteiger partial charge is 0.472 e. The summed E-state index contributed by atoms with van der Waals surface area (Å²) in [6.07, 6.45) is 38.1. The molecule has 4 N–H and O–H groups in total. The molecule has 0 saturated carbocycles. The molecule has 0 heterocycles. The third-order valence-corrected chi connectivity index (χ3v) is 11.3. The van der Waals surface area contributed by atoms with Crippen LogP contribution in [0.4, 0.5) is 0 Å². The Labute approximate surface area is 379 Å². The Hall–Kier alpha value is -2.25. The van der Waals surface area contributed by atoms with Gasteiger partial charge in [-0.1, -0.05) is 172 Å². The normalized spacial score (nSPS) is 14.3. The number of hydrogen-bond donors (Lipinski definition) is 4. The highest BCUT2D eigenvalue weighted by molar-refractivity contribution is 7.47. The van der Waals surface area contributed by atoms with E-state index in [0.29, 0.717) is 32.1 Å². The van der Waals surface area contributed by atoms with Crippen molar-refractivity contribution in [3.8, 4) is 0 Å². The van der Waals surface area contributed by atoms with Gasteiger partial charge in [0.2, 0.25) is 0 Å². The molecule has 0 aliphatic rings. The quantitative estimate of drug-likeness (QED) is 0.0112. The number of carbonyl (C=O) groups is 3. The number of ketones is 1. The van der Waals surface area contributed by atoms with Crippen LogP contribution in [0.1, 0.15) is 188 Å². The fourth-order valence-electron chi connectivity index (χ4n) is 6.25. The zero-order valence-corrected chi connectivity index (χ0v) is 40.6. The molecular formula is C47H84O14P2. The number of phosphoric acid groups is 2. The van der Waals surface area contributed by atoms with E-state index < -0.39 is 66.2 Å². The van der Waals surface area contributed by atoms with Crippen molar-refractivity contribution in [2.45, 2.75) is 200 Å². The zero-order chi connectivity index (χ0) is 46.9. The third kappa shape index (κ3) is 46.1. The van der Waals surface area contributed by atoms with Gasteiger partial charge in [-0.05, 0) is 50.5 Å². The molecule has 16 heteroatoms. The topological polar surface area (TPSA) is 212 Å². The summed E-state index contributed by atoms with van der Waals surface area (Å²) < 4.78 is 47.8. The van der Waals surface area contributed by atoms with E-state index in [9.17, 15) is 33.5 Å². The van der Waals surface area contributed by atoms with Gasteiger partial charge in [0.15, 0.2) is 11.9 Å². The Bertz CT molecular complexity index is 1370. The SMILES string of the molecule is CCCCCC(=O)/C=C/C=C\C/C=C\C/C=C\CCCC(=O)O[C@H](COC(=O)CCCCCCCCCCCCCCCCCC(C)C)COP(=O)(O)OC[C@@H](O)COP(=O)(O)O. The smallest absolute Gasteiger partial charge is 0.462 e. The van der Waals surface area contributed by atoms with Crippen LogP contribution in [0.2, 0.25) is 0 Å². The second-order valence-corrected chi connectivity index (χ2v) is 19.2. The van der Waals surface area contributed by atoms with Crippen LogP contribution in [0.25, 0.3) is 0 Å². The number of aliphatic hydroxyl groups is 1. The monoisotopic (exact) mass is 935 g/mol. The molecular weight excluding hydrogens is 850 g/mol.